The van der Waals surface area contributed by atoms with E-state index >= 15 is 0 Å². The van der Waals surface area contributed by atoms with Gasteiger partial charge < -0.3 is 10.1 Å². The van der Waals surface area contributed by atoms with Gasteiger partial charge in [0, 0.05) is 18.5 Å². The number of hydrogen-bond acceptors (Lipinski definition) is 3. The quantitative estimate of drug-likeness (QED) is 0.849. The molecule has 1 amide bonds. The third kappa shape index (κ3) is 2.66. The van der Waals surface area contributed by atoms with Crippen LogP contribution >= 0.6 is 0 Å². The van der Waals surface area contributed by atoms with Crippen LogP contribution < -0.4 is 5.32 Å². The minimum absolute atomic E-state index is 0.120. The molecule has 0 saturated heterocycles. The van der Waals surface area contributed by atoms with E-state index in [2.05, 4.69) is 5.32 Å². The number of hydrogen-bond donors (Lipinski definition) is 1. The van der Waals surface area contributed by atoms with Crippen LogP contribution in [-0.2, 0) is 16.0 Å². The van der Waals surface area contributed by atoms with Gasteiger partial charge in [-0.2, -0.15) is 0 Å². The number of amides is 1. The van der Waals surface area contributed by atoms with Gasteiger partial charge in [-0.05, 0) is 79.4 Å². The maximum absolute atomic E-state index is 12.8. The molecule has 25 heavy (non-hydrogen) atoms. The van der Waals surface area contributed by atoms with Gasteiger partial charge in [-0.15, -0.1) is 0 Å². The van der Waals surface area contributed by atoms with Gasteiger partial charge in [0.2, 0.25) is 5.91 Å². The SMILES string of the molecule is O=C(CC12CC3CC(CC(C3)C1)C2)Nc1cccc2c1CCOC2=O. The second kappa shape index (κ2) is 5.58. The van der Waals surface area contributed by atoms with Crippen molar-refractivity contribution in [2.75, 3.05) is 11.9 Å². The van der Waals surface area contributed by atoms with E-state index in [1.165, 1.54) is 38.5 Å². The summed E-state index contributed by atoms with van der Waals surface area (Å²) in [6.45, 7) is 0.397. The normalized spacial score (nSPS) is 35.2. The van der Waals surface area contributed by atoms with E-state index in [1.807, 2.05) is 12.1 Å². The van der Waals surface area contributed by atoms with Gasteiger partial charge in [-0.1, -0.05) is 6.07 Å². The van der Waals surface area contributed by atoms with Gasteiger partial charge in [0.1, 0.15) is 0 Å². The molecule has 5 aliphatic rings. The fraction of sp³-hybridized carbons (Fsp3) is 0.619. The molecule has 4 saturated carbocycles. The van der Waals surface area contributed by atoms with Gasteiger partial charge in [0.25, 0.3) is 0 Å². The maximum Gasteiger partial charge on any atom is 0.338 e. The highest BCUT2D eigenvalue weighted by Gasteiger charge is 2.51. The zero-order valence-corrected chi connectivity index (χ0v) is 14.6. The van der Waals surface area contributed by atoms with Crippen LogP contribution in [0.5, 0.6) is 0 Å². The molecular weight excluding hydrogens is 314 g/mol. The van der Waals surface area contributed by atoms with Crippen molar-refractivity contribution in [3.05, 3.63) is 29.3 Å². The lowest BCUT2D eigenvalue weighted by Crippen LogP contribution is -2.47. The molecule has 1 aromatic rings. The average Bonchev–Trinajstić information content (AvgIpc) is 2.54. The molecule has 1 N–H and O–H groups in total. The van der Waals surface area contributed by atoms with E-state index in [4.69, 9.17) is 4.74 Å². The lowest BCUT2D eigenvalue weighted by Gasteiger charge is -2.56. The molecule has 0 spiro atoms. The molecule has 4 fully saturated rings. The lowest BCUT2D eigenvalue weighted by molar-refractivity contribution is -0.124. The number of carbonyl (C=O) groups excluding carboxylic acids is 2. The number of benzene rings is 1. The number of esters is 1. The van der Waals surface area contributed by atoms with Crippen LogP contribution in [-0.4, -0.2) is 18.5 Å². The van der Waals surface area contributed by atoms with Gasteiger partial charge >= 0.3 is 5.97 Å². The number of fused-ring (bicyclic) bond motifs is 1. The number of ether oxygens (including phenoxy) is 1. The highest BCUT2D eigenvalue weighted by molar-refractivity contribution is 5.97. The highest BCUT2D eigenvalue weighted by Crippen LogP contribution is 2.61. The third-order valence-electron chi connectivity index (χ3n) is 6.96. The summed E-state index contributed by atoms with van der Waals surface area (Å²) in [5, 5.41) is 3.12. The van der Waals surface area contributed by atoms with E-state index in [0.717, 1.165) is 29.0 Å². The summed E-state index contributed by atoms with van der Waals surface area (Å²) in [5.74, 6) is 2.42. The van der Waals surface area contributed by atoms with Crippen molar-refractivity contribution in [3.63, 3.8) is 0 Å². The van der Waals surface area contributed by atoms with Crippen molar-refractivity contribution in [1.82, 2.24) is 0 Å². The molecular formula is C21H25NO3. The van der Waals surface area contributed by atoms with Crippen molar-refractivity contribution < 1.29 is 14.3 Å². The predicted octanol–water partition coefficient (Wildman–Crippen LogP) is 3.94. The average molecular weight is 339 g/mol. The Hall–Kier alpha value is -1.84. The predicted molar refractivity (Wildman–Crippen MR) is 94.3 cm³/mol. The first-order chi connectivity index (χ1) is 12.1. The summed E-state index contributed by atoms with van der Waals surface area (Å²) in [4.78, 5) is 24.7. The third-order valence-corrected chi connectivity index (χ3v) is 6.96. The fourth-order valence-corrected chi connectivity index (χ4v) is 6.53. The minimum atomic E-state index is -0.279. The monoisotopic (exact) mass is 339 g/mol. The van der Waals surface area contributed by atoms with Crippen molar-refractivity contribution in [3.8, 4) is 0 Å². The Morgan fingerprint density at radius 3 is 2.48 bits per heavy atom. The molecule has 0 radical (unpaired) electrons. The smallest absolute Gasteiger partial charge is 0.338 e. The first-order valence-electron chi connectivity index (χ1n) is 9.69. The Morgan fingerprint density at radius 1 is 1.12 bits per heavy atom. The molecule has 1 aromatic carbocycles. The van der Waals surface area contributed by atoms with E-state index in [1.54, 1.807) is 6.07 Å². The van der Waals surface area contributed by atoms with Crippen LogP contribution in [0.2, 0.25) is 0 Å². The number of rotatable bonds is 3. The van der Waals surface area contributed by atoms with Crippen LogP contribution in [0.4, 0.5) is 5.69 Å². The number of cyclic esters (lactones) is 1. The number of nitrogens with one attached hydrogen (secondary N) is 1. The molecule has 0 unspecified atom stereocenters. The van der Waals surface area contributed by atoms with E-state index in [-0.39, 0.29) is 17.3 Å². The Labute approximate surface area is 148 Å². The summed E-state index contributed by atoms with van der Waals surface area (Å²) in [7, 11) is 0. The summed E-state index contributed by atoms with van der Waals surface area (Å²) < 4.78 is 5.10. The second-order valence-electron chi connectivity index (χ2n) is 8.86. The van der Waals surface area contributed by atoms with Gasteiger partial charge in [-0.3, -0.25) is 4.79 Å². The van der Waals surface area contributed by atoms with Crippen LogP contribution in [0.15, 0.2) is 18.2 Å². The van der Waals surface area contributed by atoms with Crippen molar-refractivity contribution in [2.24, 2.45) is 23.2 Å². The summed E-state index contributed by atoms with van der Waals surface area (Å²) in [6, 6.07) is 5.52. The Balaban J connectivity index is 1.33. The van der Waals surface area contributed by atoms with Crippen molar-refractivity contribution in [1.29, 1.82) is 0 Å². The van der Waals surface area contributed by atoms with Gasteiger partial charge in [-0.25, -0.2) is 4.79 Å². The largest absolute Gasteiger partial charge is 0.462 e. The van der Waals surface area contributed by atoms with Crippen molar-refractivity contribution in [2.45, 2.75) is 51.4 Å². The molecule has 4 aliphatic carbocycles. The minimum Gasteiger partial charge on any atom is -0.462 e. The Morgan fingerprint density at radius 2 is 1.80 bits per heavy atom. The van der Waals surface area contributed by atoms with Crippen LogP contribution in [0, 0.1) is 23.2 Å². The fourth-order valence-electron chi connectivity index (χ4n) is 6.53. The lowest BCUT2D eigenvalue weighted by atomic mass is 9.49. The molecule has 4 bridgehead atoms. The van der Waals surface area contributed by atoms with Crippen LogP contribution in [0.1, 0.15) is 60.9 Å². The zero-order chi connectivity index (χ0) is 17.0. The van der Waals surface area contributed by atoms with Gasteiger partial charge in [0.15, 0.2) is 0 Å². The zero-order valence-electron chi connectivity index (χ0n) is 14.6. The number of carbonyl (C=O) groups is 2. The first-order valence-corrected chi connectivity index (χ1v) is 9.69. The van der Waals surface area contributed by atoms with Crippen LogP contribution in [0.25, 0.3) is 0 Å². The molecule has 0 aromatic heterocycles. The molecule has 1 heterocycles. The van der Waals surface area contributed by atoms with E-state index < -0.39 is 0 Å². The van der Waals surface area contributed by atoms with E-state index in [9.17, 15) is 9.59 Å². The Bertz CT molecular complexity index is 703. The van der Waals surface area contributed by atoms with Crippen molar-refractivity contribution >= 4 is 17.6 Å². The Kier molecular flexibility index (Phi) is 3.44. The maximum atomic E-state index is 12.8. The van der Waals surface area contributed by atoms with E-state index in [0.29, 0.717) is 25.0 Å². The van der Waals surface area contributed by atoms with Crippen LogP contribution in [0.3, 0.4) is 0 Å². The summed E-state index contributed by atoms with van der Waals surface area (Å²) in [5.41, 5.74) is 2.56. The second-order valence-corrected chi connectivity index (χ2v) is 8.86. The summed E-state index contributed by atoms with van der Waals surface area (Å²) in [6.07, 6.45) is 9.24. The first kappa shape index (κ1) is 15.4. The molecule has 132 valence electrons. The molecule has 1 aliphatic heterocycles. The highest BCUT2D eigenvalue weighted by atomic mass is 16.5. The molecule has 4 heteroatoms. The molecule has 6 rings (SSSR count). The standard InChI is InChI=1S/C21H25NO3/c23-19(12-21-9-13-6-14(10-21)8-15(7-13)11-21)22-18-3-1-2-17-16(18)4-5-25-20(17)24/h1-3,13-15H,4-12H2,(H,22,23). The topological polar surface area (TPSA) is 55.4 Å². The van der Waals surface area contributed by atoms with Gasteiger partial charge in [0.05, 0.1) is 12.2 Å². The molecule has 0 atom stereocenters. The summed E-state index contributed by atoms with van der Waals surface area (Å²) >= 11 is 0. The number of anilines is 1. The molecule has 4 nitrogen and oxygen atoms in total.